The van der Waals surface area contributed by atoms with E-state index in [2.05, 4.69) is 5.32 Å². The Labute approximate surface area is 186 Å². The highest BCUT2D eigenvalue weighted by Gasteiger charge is 2.40. The average molecular weight is 470 g/mol. The number of carbonyl (C=O) groups is 1. The van der Waals surface area contributed by atoms with E-state index in [4.69, 9.17) is 0 Å². The molecule has 0 aromatic heterocycles. The molecule has 1 aliphatic rings. The minimum Gasteiger partial charge on any atom is -0.348 e. The molecule has 10 heteroatoms. The maximum Gasteiger partial charge on any atom is 0.417 e. The van der Waals surface area contributed by atoms with E-state index in [1.54, 1.807) is 6.92 Å². The monoisotopic (exact) mass is 469 g/mol. The van der Waals surface area contributed by atoms with Gasteiger partial charge in [0, 0.05) is 26.2 Å². The summed E-state index contributed by atoms with van der Waals surface area (Å²) < 4.78 is 66.7. The molecule has 0 spiro atoms. The fourth-order valence-corrected chi connectivity index (χ4v) is 5.36. The molecule has 1 saturated heterocycles. The zero-order valence-corrected chi connectivity index (χ0v) is 18.7. The van der Waals surface area contributed by atoms with Crippen LogP contribution in [0.4, 0.5) is 13.2 Å². The van der Waals surface area contributed by atoms with E-state index < -0.39 is 32.7 Å². The van der Waals surface area contributed by atoms with Crippen molar-refractivity contribution in [3.63, 3.8) is 0 Å². The molecule has 0 radical (unpaired) electrons. The Balaban J connectivity index is 1.64. The summed E-state index contributed by atoms with van der Waals surface area (Å²) in [6.45, 7) is 4.09. The van der Waals surface area contributed by atoms with Crippen molar-refractivity contribution in [1.29, 1.82) is 0 Å². The number of halogens is 3. The molecule has 1 amide bonds. The van der Waals surface area contributed by atoms with Gasteiger partial charge >= 0.3 is 6.18 Å². The zero-order chi connectivity index (χ0) is 23.5. The quantitative estimate of drug-likeness (QED) is 0.705. The second kappa shape index (κ2) is 9.60. The average Bonchev–Trinajstić information content (AvgIpc) is 2.78. The summed E-state index contributed by atoms with van der Waals surface area (Å²) in [4.78, 5) is 13.8. The van der Waals surface area contributed by atoms with Gasteiger partial charge in [-0.1, -0.05) is 42.5 Å². The van der Waals surface area contributed by atoms with Gasteiger partial charge in [0.2, 0.25) is 15.9 Å². The van der Waals surface area contributed by atoms with Crippen LogP contribution in [0.1, 0.15) is 31.0 Å². The summed E-state index contributed by atoms with van der Waals surface area (Å²) in [5, 5.41) is 2.95. The van der Waals surface area contributed by atoms with Crippen LogP contribution in [0.2, 0.25) is 0 Å². The summed E-state index contributed by atoms with van der Waals surface area (Å²) in [7, 11) is -4.31. The van der Waals surface area contributed by atoms with Crippen molar-refractivity contribution in [2.75, 3.05) is 26.2 Å². The van der Waals surface area contributed by atoms with Crippen molar-refractivity contribution in [2.24, 2.45) is 0 Å². The van der Waals surface area contributed by atoms with Gasteiger partial charge in [-0.15, -0.1) is 0 Å². The minimum atomic E-state index is -4.77. The molecule has 3 rings (SSSR count). The van der Waals surface area contributed by atoms with Crippen LogP contribution in [0.3, 0.4) is 0 Å². The predicted octanol–water partition coefficient (Wildman–Crippen LogP) is 3.28. The maximum atomic E-state index is 13.3. The third-order valence-corrected chi connectivity index (χ3v) is 7.63. The molecular formula is C22H26F3N3O3S. The van der Waals surface area contributed by atoms with Gasteiger partial charge in [0.05, 0.1) is 22.5 Å². The summed E-state index contributed by atoms with van der Waals surface area (Å²) in [5.41, 5.74) is -0.211. The van der Waals surface area contributed by atoms with Gasteiger partial charge in [-0.05, 0) is 31.5 Å². The Kier molecular flexibility index (Phi) is 7.26. The van der Waals surface area contributed by atoms with Crippen molar-refractivity contribution >= 4 is 15.9 Å². The number of sulfonamides is 1. The molecule has 2 aromatic carbocycles. The maximum absolute atomic E-state index is 13.3. The molecule has 6 nitrogen and oxygen atoms in total. The molecule has 32 heavy (non-hydrogen) atoms. The van der Waals surface area contributed by atoms with Crippen LogP contribution in [-0.4, -0.2) is 55.8 Å². The molecule has 1 heterocycles. The van der Waals surface area contributed by atoms with Gasteiger partial charge in [-0.25, -0.2) is 8.42 Å². The Morgan fingerprint density at radius 2 is 1.50 bits per heavy atom. The molecule has 1 fully saturated rings. The number of hydrogen-bond acceptors (Lipinski definition) is 4. The summed E-state index contributed by atoms with van der Waals surface area (Å²) in [6.07, 6.45) is -4.77. The molecule has 2 atom stereocenters. The summed E-state index contributed by atoms with van der Waals surface area (Å²) in [5.74, 6) is -0.194. The van der Waals surface area contributed by atoms with Crippen LogP contribution >= 0.6 is 0 Å². The number of alkyl halides is 3. The van der Waals surface area contributed by atoms with E-state index in [0.29, 0.717) is 0 Å². The molecule has 1 aliphatic heterocycles. The highest BCUT2D eigenvalue weighted by Crippen LogP contribution is 2.35. The van der Waals surface area contributed by atoms with Gasteiger partial charge in [0.15, 0.2) is 0 Å². The van der Waals surface area contributed by atoms with Gasteiger partial charge in [-0.2, -0.15) is 17.5 Å². The van der Waals surface area contributed by atoms with Gasteiger partial charge in [0.25, 0.3) is 0 Å². The van der Waals surface area contributed by atoms with Crippen LogP contribution in [0.5, 0.6) is 0 Å². The number of piperazine rings is 1. The standard InChI is InChI=1S/C22H26F3N3O3S/c1-16(18-8-4-3-5-9-18)26-21(29)17(2)27-12-14-28(15-13-27)32(30,31)20-11-7-6-10-19(20)22(23,24)25/h3-11,16-17H,12-15H2,1-2H3,(H,26,29). The van der Waals surface area contributed by atoms with Crippen LogP contribution in [-0.2, 0) is 21.0 Å². The number of nitrogens with one attached hydrogen (secondary N) is 1. The van der Waals surface area contributed by atoms with Crippen LogP contribution in [0.15, 0.2) is 59.5 Å². The smallest absolute Gasteiger partial charge is 0.348 e. The highest BCUT2D eigenvalue weighted by atomic mass is 32.2. The number of carbonyl (C=O) groups excluding carboxylic acids is 1. The second-order valence-corrected chi connectivity index (χ2v) is 9.66. The lowest BCUT2D eigenvalue weighted by Crippen LogP contribution is -2.55. The van der Waals surface area contributed by atoms with E-state index in [1.807, 2.05) is 42.2 Å². The second-order valence-electron chi connectivity index (χ2n) is 7.75. The lowest BCUT2D eigenvalue weighted by atomic mass is 10.1. The molecule has 174 valence electrons. The third kappa shape index (κ3) is 5.31. The van der Waals surface area contributed by atoms with E-state index >= 15 is 0 Å². The van der Waals surface area contributed by atoms with Gasteiger partial charge < -0.3 is 5.32 Å². The predicted molar refractivity (Wildman–Crippen MR) is 114 cm³/mol. The Hall–Kier alpha value is -2.43. The fourth-order valence-electron chi connectivity index (χ4n) is 3.72. The van der Waals surface area contributed by atoms with E-state index in [1.165, 1.54) is 6.07 Å². The summed E-state index contributed by atoms with van der Waals surface area (Å²) >= 11 is 0. The highest BCUT2D eigenvalue weighted by molar-refractivity contribution is 7.89. The Bertz CT molecular complexity index is 1040. The van der Waals surface area contributed by atoms with Crippen molar-refractivity contribution in [3.05, 3.63) is 65.7 Å². The Morgan fingerprint density at radius 3 is 2.09 bits per heavy atom. The fraction of sp³-hybridized carbons (Fsp3) is 0.409. The zero-order valence-electron chi connectivity index (χ0n) is 17.8. The van der Waals surface area contributed by atoms with Crippen molar-refractivity contribution in [1.82, 2.24) is 14.5 Å². The third-order valence-electron chi connectivity index (χ3n) is 5.67. The van der Waals surface area contributed by atoms with E-state index in [9.17, 15) is 26.4 Å². The first-order valence-electron chi connectivity index (χ1n) is 10.3. The van der Waals surface area contributed by atoms with Gasteiger partial charge in [0.1, 0.15) is 0 Å². The first-order chi connectivity index (χ1) is 15.0. The number of nitrogens with zero attached hydrogens (tertiary/aromatic N) is 2. The largest absolute Gasteiger partial charge is 0.417 e. The van der Waals surface area contributed by atoms with Crippen molar-refractivity contribution < 1.29 is 26.4 Å². The molecule has 0 bridgehead atoms. The molecule has 2 unspecified atom stereocenters. The van der Waals surface area contributed by atoms with Gasteiger partial charge in [-0.3, -0.25) is 9.69 Å². The van der Waals surface area contributed by atoms with E-state index in [-0.39, 0.29) is 38.1 Å². The number of rotatable bonds is 6. The summed E-state index contributed by atoms with van der Waals surface area (Å²) in [6, 6.07) is 13.0. The Morgan fingerprint density at radius 1 is 0.938 bits per heavy atom. The SMILES string of the molecule is CC(NC(=O)C(C)N1CCN(S(=O)(=O)c2ccccc2C(F)(F)F)CC1)c1ccccc1. The minimum absolute atomic E-state index is 0.000381. The van der Waals surface area contributed by atoms with Crippen LogP contribution in [0, 0.1) is 0 Å². The molecule has 1 N–H and O–H groups in total. The molecular weight excluding hydrogens is 443 g/mol. The van der Waals surface area contributed by atoms with Crippen molar-refractivity contribution in [2.45, 2.75) is 37.0 Å². The lowest BCUT2D eigenvalue weighted by Gasteiger charge is -2.37. The lowest BCUT2D eigenvalue weighted by molar-refractivity contribution is -0.140. The molecule has 0 aliphatic carbocycles. The number of benzene rings is 2. The van der Waals surface area contributed by atoms with Crippen molar-refractivity contribution in [3.8, 4) is 0 Å². The number of hydrogen-bond donors (Lipinski definition) is 1. The molecule has 0 saturated carbocycles. The van der Waals surface area contributed by atoms with Crippen LogP contribution < -0.4 is 5.32 Å². The topological polar surface area (TPSA) is 69.7 Å². The first kappa shape index (κ1) is 24.2. The molecule has 2 aromatic rings. The van der Waals surface area contributed by atoms with Crippen LogP contribution in [0.25, 0.3) is 0 Å². The number of amides is 1. The normalized spacial score (nSPS) is 18.2. The first-order valence-corrected chi connectivity index (χ1v) is 11.7. The van der Waals surface area contributed by atoms with E-state index in [0.717, 1.165) is 28.1 Å².